The number of ketones is 6. The molecule has 36 nitrogen and oxygen atoms in total. The lowest BCUT2D eigenvalue weighted by molar-refractivity contribution is -0.142. The molecule has 1 aliphatic heterocycles. The predicted molar refractivity (Wildman–Crippen MR) is 367 cm³/mol. The van der Waals surface area contributed by atoms with Crippen molar-refractivity contribution in [1.82, 2.24) is 42.1 Å². The van der Waals surface area contributed by atoms with Crippen molar-refractivity contribution in [2.24, 2.45) is 46.0 Å². The number of guanidine groups is 1. The average Bonchev–Trinajstić information content (AvgIpc) is 1.78. The smallest absolute Gasteiger partial charge is 0.303 e. The first kappa shape index (κ1) is 91.7. The average molecular weight is 1480 g/mol. The molecule has 37 heteroatoms. The van der Waals surface area contributed by atoms with Crippen molar-refractivity contribution in [3.05, 3.63) is 0 Å². The van der Waals surface area contributed by atoms with Crippen LogP contribution in [0.4, 0.5) is 0 Å². The van der Waals surface area contributed by atoms with Crippen LogP contribution in [0.15, 0.2) is 4.99 Å². The molecule has 0 bridgehead atoms. The minimum atomic E-state index is -1.76. The van der Waals surface area contributed by atoms with E-state index in [0.29, 0.717) is 19.3 Å². The van der Waals surface area contributed by atoms with Gasteiger partial charge in [0.2, 0.25) is 47.3 Å². The Bertz CT molecular complexity index is 3030. The van der Waals surface area contributed by atoms with E-state index in [2.05, 4.69) is 42.2 Å². The fraction of sp³-hybridized carbons (Fsp3) is 0.697. The molecule has 1 heterocycles. The van der Waals surface area contributed by atoms with E-state index in [-0.39, 0.29) is 88.2 Å². The van der Waals surface area contributed by atoms with Crippen LogP contribution in [0.1, 0.15) is 175 Å². The third-order valence-electron chi connectivity index (χ3n) is 16.6. The molecule has 0 saturated carbocycles. The summed E-state index contributed by atoms with van der Waals surface area (Å²) in [5.74, 6) is -21.9. The summed E-state index contributed by atoms with van der Waals surface area (Å²) in [5, 5.41) is 64.5. The monoisotopic (exact) mass is 1480 g/mol. The van der Waals surface area contributed by atoms with Gasteiger partial charge in [0.25, 0.3) is 0 Å². The second kappa shape index (κ2) is 49.3. The molecule has 0 aromatic carbocycles. The van der Waals surface area contributed by atoms with E-state index in [1.807, 2.05) is 0 Å². The molecule has 0 radical (unpaired) electrons. The highest BCUT2D eigenvalue weighted by Gasteiger charge is 2.38. The highest BCUT2D eigenvalue weighted by molar-refractivity contribution is 7.98. The van der Waals surface area contributed by atoms with Gasteiger partial charge >= 0.3 is 29.8 Å². The minimum absolute atomic E-state index is 0.110. The van der Waals surface area contributed by atoms with Gasteiger partial charge in [0.15, 0.2) is 40.7 Å². The van der Waals surface area contributed by atoms with Gasteiger partial charge in [-0.05, 0) is 82.8 Å². The molecule has 2 unspecified atom stereocenters. The SMILES string of the molecule is CNC(=O)[C@@H](CCCN=C(N)N)CC(=O)CNC(=O)C(C)CC(=O)[C@H](CSC)NC(=O)CCC(=O)C(CC(C)C)NC(=O)[C@@H]1CCCN1C(=O)COCCCC(=O)[C@@H](CCC(=O)O)NC(=O)[C@@H](CCC(=O)O)CC(=O)[C@@H](CCC(=O)O)NC(=O)[C@@H](CCC(=O)O)CC(=O)[C@@H](CCC(=O)O)NC(C)=O. The Hall–Kier alpha value is -9.29. The maximum absolute atomic E-state index is 14.0. The van der Waals surface area contributed by atoms with E-state index in [1.165, 1.54) is 30.6 Å². The molecule has 578 valence electrons. The topological polar surface area (TPSA) is 587 Å². The number of nitrogens with two attached hydrogens (primary N) is 2. The number of carbonyl (C=O) groups excluding carboxylic acids is 14. The van der Waals surface area contributed by atoms with Crippen LogP contribution in [-0.4, -0.2) is 236 Å². The van der Waals surface area contributed by atoms with E-state index in [1.54, 1.807) is 20.1 Å². The van der Waals surface area contributed by atoms with Crippen LogP contribution in [0.3, 0.4) is 0 Å². The fourth-order valence-corrected chi connectivity index (χ4v) is 11.7. The number of hydrogen-bond donors (Lipinski definition) is 14. The van der Waals surface area contributed by atoms with Crippen molar-refractivity contribution in [3.63, 3.8) is 0 Å². The molecule has 1 saturated heterocycles. The summed E-state index contributed by atoms with van der Waals surface area (Å²) in [5.41, 5.74) is 10.7. The zero-order chi connectivity index (χ0) is 78.1. The molecule has 0 aliphatic carbocycles. The van der Waals surface area contributed by atoms with Gasteiger partial charge in [-0.3, -0.25) is 96.1 Å². The number of nitrogens with zero attached hydrogens (tertiary/aromatic N) is 2. The molecule has 8 amide bonds. The maximum Gasteiger partial charge on any atom is 0.303 e. The van der Waals surface area contributed by atoms with Crippen molar-refractivity contribution in [2.45, 2.75) is 212 Å². The van der Waals surface area contributed by atoms with Gasteiger partial charge in [0.1, 0.15) is 12.6 Å². The molecule has 1 aliphatic rings. The number of rotatable bonds is 57. The number of aliphatic carboxylic acids is 5. The highest BCUT2D eigenvalue weighted by Crippen LogP contribution is 2.23. The molecule has 0 spiro atoms. The summed E-state index contributed by atoms with van der Waals surface area (Å²) < 4.78 is 5.58. The van der Waals surface area contributed by atoms with Crippen LogP contribution in [0.2, 0.25) is 0 Å². The van der Waals surface area contributed by atoms with Crippen molar-refractivity contribution in [1.29, 1.82) is 0 Å². The standard InChI is InChI=1S/C66H103N11O25S/c1-36(2)28-46(50(81)18-19-54(85)73-47(35-103-6)51(82)29-37(3)61(97)71-33-42(79)30-39(62(98)69-5)10-7-25-70-66(67)68)76-65(101)48-11-8-26-77(48)55(86)34-102-27-9-12-49(80)43(15-22-58(91)92)74-63(99)41(14-21-57(89)90)32-53(84)45(17-24-60(95)96)75-64(100)40(13-20-56(87)88)31-52(83)44(72-38(4)78)16-23-59(93)94/h36-37,39-41,43-48H,7-35H2,1-6H3,(H,69,98)(H,71,97)(H,72,78)(H,73,85)(H,74,99)(H,75,100)(H,76,101)(H,87,88)(H,89,90)(H,91,92)(H,93,94)(H,95,96)(H4,67,68,70)/t37?,39-,40-,41-,43+,44+,45+,46?,47-,48-/m0/s1. The highest BCUT2D eigenvalue weighted by atomic mass is 32.2. The van der Waals surface area contributed by atoms with Crippen molar-refractivity contribution < 1.29 is 121 Å². The number of carboxylic acid groups (broad SMARTS) is 5. The van der Waals surface area contributed by atoms with Crippen molar-refractivity contribution >= 4 is 130 Å². The Kier molecular flexibility index (Phi) is 43.9. The van der Waals surface area contributed by atoms with Gasteiger partial charge in [0, 0.05) is 140 Å². The number of carboxylic acids is 5. The van der Waals surface area contributed by atoms with E-state index < -0.39 is 262 Å². The van der Waals surface area contributed by atoms with Crippen LogP contribution >= 0.6 is 11.8 Å². The third-order valence-corrected chi connectivity index (χ3v) is 17.2. The first-order chi connectivity index (χ1) is 48.4. The lowest BCUT2D eigenvalue weighted by Crippen LogP contribution is -2.52. The summed E-state index contributed by atoms with van der Waals surface area (Å²) in [4.78, 5) is 250. The van der Waals surface area contributed by atoms with Gasteiger partial charge in [-0.15, -0.1) is 0 Å². The first-order valence-electron chi connectivity index (χ1n) is 34.0. The molecular formula is C66H103N11O25S. The Morgan fingerprint density at radius 3 is 1.50 bits per heavy atom. The number of thioether (sulfide) groups is 1. The normalized spacial score (nSPS) is 15.1. The van der Waals surface area contributed by atoms with E-state index in [9.17, 15) is 112 Å². The van der Waals surface area contributed by atoms with Gasteiger partial charge in [-0.2, -0.15) is 11.8 Å². The van der Waals surface area contributed by atoms with Crippen molar-refractivity contribution in [2.75, 3.05) is 51.9 Å². The fourth-order valence-electron chi connectivity index (χ4n) is 11.1. The second-order valence-electron chi connectivity index (χ2n) is 25.7. The van der Waals surface area contributed by atoms with E-state index in [0.717, 1.165) is 6.92 Å². The van der Waals surface area contributed by atoms with Crippen LogP contribution in [0.5, 0.6) is 0 Å². The van der Waals surface area contributed by atoms with Gasteiger partial charge in [-0.25, -0.2) is 0 Å². The number of hydrogen-bond acceptors (Lipinski definition) is 22. The number of nitrogens with one attached hydrogen (secondary N) is 7. The zero-order valence-electron chi connectivity index (χ0n) is 59.2. The largest absolute Gasteiger partial charge is 0.481 e. The molecule has 1 rings (SSSR count). The maximum atomic E-state index is 14.0. The first-order valence-corrected chi connectivity index (χ1v) is 35.4. The van der Waals surface area contributed by atoms with Gasteiger partial charge in [0.05, 0.1) is 36.8 Å². The lowest BCUT2D eigenvalue weighted by atomic mass is 9.89. The van der Waals surface area contributed by atoms with Crippen molar-refractivity contribution in [3.8, 4) is 0 Å². The summed E-state index contributed by atoms with van der Waals surface area (Å²) >= 11 is 1.24. The Morgan fingerprint density at radius 2 is 1.02 bits per heavy atom. The molecule has 103 heavy (non-hydrogen) atoms. The third kappa shape index (κ3) is 39.1. The minimum Gasteiger partial charge on any atom is -0.481 e. The number of ether oxygens (including phenoxy) is 1. The molecule has 0 aromatic heterocycles. The summed E-state index contributed by atoms with van der Waals surface area (Å²) in [6, 6.07) is -7.90. The lowest BCUT2D eigenvalue weighted by Gasteiger charge is -2.27. The second-order valence-corrected chi connectivity index (χ2v) is 26.6. The molecule has 10 atom stereocenters. The summed E-state index contributed by atoms with van der Waals surface area (Å²) in [6.07, 6.45) is -6.31. The number of amides is 8. The number of aliphatic imine (C=N–C) groups is 1. The number of Topliss-reactive ketones (excluding diaryl/α,β-unsaturated/α-hetero) is 6. The Morgan fingerprint density at radius 1 is 0.534 bits per heavy atom. The number of carbonyl (C=O) groups is 19. The van der Waals surface area contributed by atoms with Gasteiger partial charge in [-0.1, -0.05) is 20.8 Å². The molecule has 16 N–H and O–H groups in total. The molecule has 0 aromatic rings. The molecule has 1 fully saturated rings. The van der Waals surface area contributed by atoms with Crippen LogP contribution in [0.25, 0.3) is 0 Å². The predicted octanol–water partition coefficient (Wildman–Crippen LogP) is -0.893. The molecular weight excluding hydrogens is 1380 g/mol. The van der Waals surface area contributed by atoms with Crippen LogP contribution < -0.4 is 48.7 Å². The van der Waals surface area contributed by atoms with Crippen LogP contribution in [0, 0.1) is 29.6 Å². The quantitative estimate of drug-likeness (QED) is 0.0199. The van der Waals surface area contributed by atoms with Gasteiger partial charge < -0.3 is 83.9 Å². The Balaban J connectivity index is 3.08. The summed E-state index contributed by atoms with van der Waals surface area (Å²) in [6.45, 7) is 5.27. The van der Waals surface area contributed by atoms with E-state index >= 15 is 0 Å². The number of likely N-dealkylation sites (tertiary alicyclic amines) is 1. The summed E-state index contributed by atoms with van der Waals surface area (Å²) in [7, 11) is 1.43. The van der Waals surface area contributed by atoms with E-state index in [4.69, 9.17) is 21.3 Å². The van der Waals surface area contributed by atoms with Crippen LogP contribution in [-0.2, 0) is 95.8 Å². The Labute approximate surface area is 600 Å². The zero-order valence-corrected chi connectivity index (χ0v) is 60.0.